The first-order valence-corrected chi connectivity index (χ1v) is 7.80. The smallest absolute Gasteiger partial charge is 0.223 e. The average Bonchev–Trinajstić information content (AvgIpc) is 2.41. The largest absolute Gasteiger partial charge is 0.493 e. The van der Waals surface area contributed by atoms with Gasteiger partial charge in [0.15, 0.2) is 0 Å². The first-order chi connectivity index (χ1) is 9.58. The highest BCUT2D eigenvalue weighted by molar-refractivity contribution is 9.10. The molecule has 1 amide bonds. The minimum Gasteiger partial charge on any atom is -0.493 e. The maximum Gasteiger partial charge on any atom is 0.223 e. The predicted octanol–water partition coefficient (Wildman–Crippen LogP) is 3.02. The van der Waals surface area contributed by atoms with E-state index in [9.17, 15) is 4.79 Å². The number of hydrogen-bond acceptors (Lipinski definition) is 3. The standard InChI is InChI=1S/C15H23BrN2O2/c1-4-17-11(3)13-10-12(16)6-7-14(13)20-9-8-15(19)18-5-2/h6-7,10-11,17H,4-5,8-9H2,1-3H3,(H,18,19). The van der Waals surface area contributed by atoms with Crippen LogP contribution in [0.15, 0.2) is 22.7 Å². The Labute approximate surface area is 129 Å². The van der Waals surface area contributed by atoms with E-state index in [4.69, 9.17) is 4.74 Å². The van der Waals surface area contributed by atoms with Crippen molar-refractivity contribution in [1.29, 1.82) is 0 Å². The molecule has 4 nitrogen and oxygen atoms in total. The first kappa shape index (κ1) is 17.0. The molecule has 0 heterocycles. The van der Waals surface area contributed by atoms with E-state index in [1.807, 2.05) is 19.1 Å². The number of halogens is 1. The van der Waals surface area contributed by atoms with E-state index >= 15 is 0 Å². The van der Waals surface area contributed by atoms with Gasteiger partial charge in [-0.15, -0.1) is 0 Å². The van der Waals surface area contributed by atoms with Gasteiger partial charge in [-0.3, -0.25) is 4.79 Å². The molecule has 1 aromatic carbocycles. The Morgan fingerprint density at radius 1 is 1.35 bits per heavy atom. The van der Waals surface area contributed by atoms with Crippen molar-refractivity contribution < 1.29 is 9.53 Å². The van der Waals surface area contributed by atoms with Gasteiger partial charge in [-0.05, 0) is 38.6 Å². The summed E-state index contributed by atoms with van der Waals surface area (Å²) in [6.45, 7) is 8.01. The number of nitrogens with one attached hydrogen (secondary N) is 2. The molecular formula is C15H23BrN2O2. The molecule has 5 heteroatoms. The van der Waals surface area contributed by atoms with Crippen LogP contribution in [0, 0.1) is 0 Å². The van der Waals surface area contributed by atoms with Crippen molar-refractivity contribution >= 4 is 21.8 Å². The summed E-state index contributed by atoms with van der Waals surface area (Å²) in [5.41, 5.74) is 1.09. The third kappa shape index (κ3) is 5.51. The molecule has 0 bridgehead atoms. The topological polar surface area (TPSA) is 50.4 Å². The lowest BCUT2D eigenvalue weighted by Gasteiger charge is -2.18. The Bertz CT molecular complexity index is 438. The van der Waals surface area contributed by atoms with E-state index in [1.54, 1.807) is 0 Å². The highest BCUT2D eigenvalue weighted by Gasteiger charge is 2.12. The van der Waals surface area contributed by atoms with Gasteiger partial charge in [-0.1, -0.05) is 22.9 Å². The number of benzene rings is 1. The summed E-state index contributed by atoms with van der Waals surface area (Å²) >= 11 is 3.48. The number of hydrogen-bond donors (Lipinski definition) is 2. The van der Waals surface area contributed by atoms with Crippen molar-refractivity contribution in [3.63, 3.8) is 0 Å². The van der Waals surface area contributed by atoms with Crippen LogP contribution >= 0.6 is 15.9 Å². The van der Waals surface area contributed by atoms with Gasteiger partial charge >= 0.3 is 0 Å². The van der Waals surface area contributed by atoms with Crippen LogP contribution in [0.1, 0.15) is 38.8 Å². The fourth-order valence-electron chi connectivity index (χ4n) is 1.94. The van der Waals surface area contributed by atoms with Crippen molar-refractivity contribution in [2.75, 3.05) is 19.7 Å². The van der Waals surface area contributed by atoms with Crippen molar-refractivity contribution in [2.45, 2.75) is 33.2 Å². The van der Waals surface area contributed by atoms with Crippen LogP contribution in [0.25, 0.3) is 0 Å². The van der Waals surface area contributed by atoms with Crippen LogP contribution in [-0.4, -0.2) is 25.6 Å². The van der Waals surface area contributed by atoms with Gasteiger partial charge in [0.2, 0.25) is 5.91 Å². The first-order valence-electron chi connectivity index (χ1n) is 7.00. The van der Waals surface area contributed by atoms with Gasteiger partial charge in [0.1, 0.15) is 5.75 Å². The Hall–Kier alpha value is -1.07. The summed E-state index contributed by atoms with van der Waals surface area (Å²) in [7, 11) is 0. The fraction of sp³-hybridized carbons (Fsp3) is 0.533. The van der Waals surface area contributed by atoms with Crippen LogP contribution in [0.5, 0.6) is 5.75 Å². The number of ether oxygens (including phenoxy) is 1. The minimum atomic E-state index is 0.0193. The van der Waals surface area contributed by atoms with Crippen LogP contribution in [0.2, 0.25) is 0 Å². The van der Waals surface area contributed by atoms with E-state index in [1.165, 1.54) is 0 Å². The summed E-state index contributed by atoms with van der Waals surface area (Å²) in [5, 5.41) is 6.13. The maximum atomic E-state index is 11.4. The maximum absolute atomic E-state index is 11.4. The van der Waals surface area contributed by atoms with E-state index in [0.29, 0.717) is 19.6 Å². The summed E-state index contributed by atoms with van der Waals surface area (Å²) < 4.78 is 6.78. The third-order valence-corrected chi connectivity index (χ3v) is 3.40. The SMILES string of the molecule is CCNC(=O)CCOc1ccc(Br)cc1C(C)NCC. The van der Waals surface area contributed by atoms with Gasteiger partial charge in [0, 0.05) is 22.6 Å². The second-order valence-electron chi connectivity index (χ2n) is 4.51. The Morgan fingerprint density at radius 2 is 2.10 bits per heavy atom. The Kier molecular flexibility index (Phi) is 7.62. The van der Waals surface area contributed by atoms with Gasteiger partial charge in [-0.2, -0.15) is 0 Å². The van der Waals surface area contributed by atoms with Crippen molar-refractivity contribution in [1.82, 2.24) is 10.6 Å². The monoisotopic (exact) mass is 342 g/mol. The van der Waals surface area contributed by atoms with Gasteiger partial charge < -0.3 is 15.4 Å². The number of rotatable bonds is 8. The van der Waals surface area contributed by atoms with Crippen LogP contribution in [0.3, 0.4) is 0 Å². The molecule has 0 radical (unpaired) electrons. The summed E-state index contributed by atoms with van der Waals surface area (Å²) in [6.07, 6.45) is 0.374. The second kappa shape index (κ2) is 8.97. The molecule has 0 aliphatic rings. The lowest BCUT2D eigenvalue weighted by Crippen LogP contribution is -2.24. The lowest BCUT2D eigenvalue weighted by atomic mass is 10.1. The molecule has 1 aromatic rings. The molecule has 112 valence electrons. The number of amides is 1. The van der Waals surface area contributed by atoms with E-state index in [0.717, 1.165) is 22.3 Å². The highest BCUT2D eigenvalue weighted by Crippen LogP contribution is 2.28. The Balaban J connectivity index is 2.66. The summed E-state index contributed by atoms with van der Waals surface area (Å²) in [5.74, 6) is 0.844. The van der Waals surface area contributed by atoms with Gasteiger partial charge in [-0.25, -0.2) is 0 Å². The van der Waals surface area contributed by atoms with Crippen molar-refractivity contribution in [3.05, 3.63) is 28.2 Å². The van der Waals surface area contributed by atoms with Gasteiger partial charge in [0.25, 0.3) is 0 Å². The second-order valence-corrected chi connectivity index (χ2v) is 5.43. The molecular weight excluding hydrogens is 320 g/mol. The van der Waals surface area contributed by atoms with Crippen molar-refractivity contribution in [3.8, 4) is 5.75 Å². The minimum absolute atomic E-state index is 0.0193. The zero-order chi connectivity index (χ0) is 15.0. The molecule has 0 saturated heterocycles. The molecule has 0 aliphatic carbocycles. The normalized spacial score (nSPS) is 12.0. The van der Waals surface area contributed by atoms with Crippen LogP contribution in [0.4, 0.5) is 0 Å². The molecule has 0 aliphatic heterocycles. The molecule has 1 rings (SSSR count). The average molecular weight is 343 g/mol. The quantitative estimate of drug-likeness (QED) is 0.763. The van der Waals surface area contributed by atoms with E-state index < -0.39 is 0 Å². The predicted molar refractivity (Wildman–Crippen MR) is 85.0 cm³/mol. The zero-order valence-corrected chi connectivity index (χ0v) is 13.9. The zero-order valence-electron chi connectivity index (χ0n) is 12.3. The summed E-state index contributed by atoms with van der Waals surface area (Å²) in [4.78, 5) is 11.4. The number of carbonyl (C=O) groups is 1. The lowest BCUT2D eigenvalue weighted by molar-refractivity contribution is -0.121. The molecule has 0 spiro atoms. The van der Waals surface area contributed by atoms with Gasteiger partial charge in [0.05, 0.1) is 13.0 Å². The molecule has 1 atom stereocenters. The molecule has 1 unspecified atom stereocenters. The Morgan fingerprint density at radius 3 is 2.75 bits per heavy atom. The van der Waals surface area contributed by atoms with E-state index in [-0.39, 0.29) is 11.9 Å². The third-order valence-electron chi connectivity index (χ3n) is 2.91. The van der Waals surface area contributed by atoms with Crippen molar-refractivity contribution in [2.24, 2.45) is 0 Å². The number of carbonyl (C=O) groups excluding carboxylic acids is 1. The van der Waals surface area contributed by atoms with E-state index in [2.05, 4.69) is 46.5 Å². The highest BCUT2D eigenvalue weighted by atomic mass is 79.9. The van der Waals surface area contributed by atoms with Crippen LogP contribution < -0.4 is 15.4 Å². The molecule has 0 saturated carbocycles. The molecule has 0 fully saturated rings. The molecule has 0 aromatic heterocycles. The summed E-state index contributed by atoms with van der Waals surface area (Å²) in [6, 6.07) is 6.14. The molecule has 20 heavy (non-hydrogen) atoms. The molecule has 2 N–H and O–H groups in total. The fourth-order valence-corrected chi connectivity index (χ4v) is 2.32. The van der Waals surface area contributed by atoms with Crippen LogP contribution in [-0.2, 0) is 4.79 Å².